The number of carbonyl (C=O) groups excluding carboxylic acids is 1. The van der Waals surface area contributed by atoms with Crippen LogP contribution in [0.25, 0.3) is 0 Å². The Labute approximate surface area is 129 Å². The van der Waals surface area contributed by atoms with Crippen LogP contribution in [0.4, 0.5) is 0 Å². The van der Waals surface area contributed by atoms with E-state index < -0.39 is 5.97 Å². The van der Waals surface area contributed by atoms with Crippen LogP contribution in [-0.4, -0.2) is 41.6 Å². The van der Waals surface area contributed by atoms with Gasteiger partial charge in [-0.05, 0) is 24.1 Å². The summed E-state index contributed by atoms with van der Waals surface area (Å²) < 4.78 is 5.44. The first-order valence-corrected chi connectivity index (χ1v) is 7.14. The van der Waals surface area contributed by atoms with Crippen LogP contribution < -0.4 is 4.74 Å². The van der Waals surface area contributed by atoms with Gasteiger partial charge in [0.05, 0.1) is 13.0 Å². The molecule has 0 saturated carbocycles. The van der Waals surface area contributed by atoms with Gasteiger partial charge in [0.25, 0.3) is 0 Å². The molecule has 5 nitrogen and oxygen atoms in total. The molecule has 1 aromatic carbocycles. The molecule has 116 valence electrons. The molecule has 1 N–H and O–H groups in total. The van der Waals surface area contributed by atoms with E-state index in [1.165, 1.54) is 4.90 Å². The number of carboxylic acid groups (broad SMARTS) is 1. The van der Waals surface area contributed by atoms with E-state index in [0.29, 0.717) is 17.3 Å². The number of hydrogen-bond acceptors (Lipinski definition) is 3. The van der Waals surface area contributed by atoms with Crippen LogP contribution in [0, 0.1) is 5.92 Å². The van der Waals surface area contributed by atoms with Gasteiger partial charge in [0.1, 0.15) is 12.3 Å². The first-order chi connectivity index (χ1) is 9.88. The van der Waals surface area contributed by atoms with E-state index in [2.05, 4.69) is 0 Å². The topological polar surface area (TPSA) is 66.8 Å². The molecule has 0 saturated heterocycles. The van der Waals surface area contributed by atoms with Crippen molar-refractivity contribution in [3.05, 3.63) is 29.3 Å². The second kappa shape index (κ2) is 8.52. The summed E-state index contributed by atoms with van der Waals surface area (Å²) in [6.07, 6.45) is 0.131. The molecule has 0 aliphatic carbocycles. The molecular formula is C15H20ClNO4. The Morgan fingerprint density at radius 2 is 2.10 bits per heavy atom. The van der Waals surface area contributed by atoms with Gasteiger partial charge in [-0.3, -0.25) is 9.59 Å². The van der Waals surface area contributed by atoms with E-state index in [9.17, 15) is 9.59 Å². The second-order valence-corrected chi connectivity index (χ2v) is 5.55. The normalized spacial score (nSPS) is 10.5. The second-order valence-electron chi connectivity index (χ2n) is 5.12. The Morgan fingerprint density at radius 3 is 2.67 bits per heavy atom. The number of hydrogen-bond donors (Lipinski definition) is 1. The van der Waals surface area contributed by atoms with Crippen molar-refractivity contribution in [3.8, 4) is 5.75 Å². The van der Waals surface area contributed by atoms with Crippen molar-refractivity contribution in [1.29, 1.82) is 0 Å². The fourth-order valence-corrected chi connectivity index (χ4v) is 2.01. The standard InChI is InChI=1S/C15H20ClNO4/c1-11(2)9-17(10-15(19)20)14(18)6-7-21-13-5-3-4-12(16)8-13/h3-5,8,11H,6-7,9-10H2,1-2H3,(H,19,20). The quantitative estimate of drug-likeness (QED) is 0.801. The molecule has 0 fully saturated rings. The lowest BCUT2D eigenvalue weighted by molar-refractivity contribution is -0.145. The molecule has 0 radical (unpaired) electrons. The maximum Gasteiger partial charge on any atom is 0.323 e. The van der Waals surface area contributed by atoms with Crippen LogP contribution in [0.3, 0.4) is 0 Å². The van der Waals surface area contributed by atoms with Gasteiger partial charge >= 0.3 is 5.97 Å². The highest BCUT2D eigenvalue weighted by molar-refractivity contribution is 6.30. The number of rotatable bonds is 8. The first kappa shape index (κ1) is 17.3. The lowest BCUT2D eigenvalue weighted by Crippen LogP contribution is -2.38. The van der Waals surface area contributed by atoms with Gasteiger partial charge in [0, 0.05) is 11.6 Å². The van der Waals surface area contributed by atoms with Crippen LogP contribution in [0.2, 0.25) is 5.02 Å². The SMILES string of the molecule is CC(C)CN(CC(=O)O)C(=O)CCOc1cccc(Cl)c1. The molecule has 0 spiro atoms. The Morgan fingerprint density at radius 1 is 1.38 bits per heavy atom. The van der Waals surface area contributed by atoms with E-state index >= 15 is 0 Å². The summed E-state index contributed by atoms with van der Waals surface area (Å²) >= 11 is 5.83. The minimum absolute atomic E-state index is 0.131. The number of ether oxygens (including phenoxy) is 1. The average Bonchev–Trinajstić information content (AvgIpc) is 2.36. The zero-order valence-corrected chi connectivity index (χ0v) is 13.0. The third-order valence-electron chi connectivity index (χ3n) is 2.65. The molecule has 0 aromatic heterocycles. The number of benzene rings is 1. The van der Waals surface area contributed by atoms with E-state index in [4.69, 9.17) is 21.4 Å². The fourth-order valence-electron chi connectivity index (χ4n) is 1.83. The minimum atomic E-state index is -1.01. The Bertz CT molecular complexity index is 490. The molecular weight excluding hydrogens is 294 g/mol. The zero-order valence-electron chi connectivity index (χ0n) is 12.2. The fraction of sp³-hybridized carbons (Fsp3) is 0.467. The summed E-state index contributed by atoms with van der Waals surface area (Å²) in [4.78, 5) is 24.2. The third kappa shape index (κ3) is 6.99. The van der Waals surface area contributed by atoms with E-state index in [1.807, 2.05) is 13.8 Å². The highest BCUT2D eigenvalue weighted by Gasteiger charge is 2.17. The molecule has 0 bridgehead atoms. The molecule has 1 rings (SSSR count). The van der Waals surface area contributed by atoms with E-state index in [0.717, 1.165) is 0 Å². The lowest BCUT2D eigenvalue weighted by Gasteiger charge is -2.22. The monoisotopic (exact) mass is 313 g/mol. The smallest absolute Gasteiger partial charge is 0.323 e. The summed E-state index contributed by atoms with van der Waals surface area (Å²) in [6, 6.07) is 6.90. The van der Waals surface area contributed by atoms with Gasteiger partial charge in [0.15, 0.2) is 0 Å². The maximum absolute atomic E-state index is 12.0. The highest BCUT2D eigenvalue weighted by Crippen LogP contribution is 2.17. The van der Waals surface area contributed by atoms with Crippen molar-refractivity contribution in [2.24, 2.45) is 5.92 Å². The van der Waals surface area contributed by atoms with Crippen molar-refractivity contribution in [2.75, 3.05) is 19.7 Å². The molecule has 0 unspecified atom stereocenters. The van der Waals surface area contributed by atoms with Crippen LogP contribution in [-0.2, 0) is 9.59 Å². The van der Waals surface area contributed by atoms with Crippen molar-refractivity contribution in [3.63, 3.8) is 0 Å². The lowest BCUT2D eigenvalue weighted by atomic mass is 10.2. The van der Waals surface area contributed by atoms with Crippen LogP contribution in [0.5, 0.6) is 5.75 Å². The van der Waals surface area contributed by atoms with Gasteiger partial charge in [-0.2, -0.15) is 0 Å². The van der Waals surface area contributed by atoms with Crippen molar-refractivity contribution < 1.29 is 19.4 Å². The number of nitrogens with zero attached hydrogens (tertiary/aromatic N) is 1. The van der Waals surface area contributed by atoms with Crippen LogP contribution >= 0.6 is 11.6 Å². The Kier molecular flexibility index (Phi) is 7.02. The van der Waals surface area contributed by atoms with Gasteiger partial charge in [-0.1, -0.05) is 31.5 Å². The Hall–Kier alpha value is -1.75. The van der Waals surface area contributed by atoms with Crippen LogP contribution in [0.1, 0.15) is 20.3 Å². The van der Waals surface area contributed by atoms with Gasteiger partial charge in [-0.15, -0.1) is 0 Å². The third-order valence-corrected chi connectivity index (χ3v) is 2.88. The van der Waals surface area contributed by atoms with E-state index in [1.54, 1.807) is 24.3 Å². The van der Waals surface area contributed by atoms with Crippen molar-refractivity contribution >= 4 is 23.5 Å². The molecule has 21 heavy (non-hydrogen) atoms. The predicted octanol–water partition coefficient (Wildman–Crippen LogP) is 2.68. The number of halogens is 1. The molecule has 1 amide bonds. The summed E-state index contributed by atoms with van der Waals surface area (Å²) in [7, 11) is 0. The molecule has 0 aliphatic heterocycles. The number of amides is 1. The van der Waals surface area contributed by atoms with Crippen LogP contribution in [0.15, 0.2) is 24.3 Å². The zero-order chi connectivity index (χ0) is 15.8. The maximum atomic E-state index is 12.0. The number of carboxylic acids is 1. The van der Waals surface area contributed by atoms with Crippen molar-refractivity contribution in [1.82, 2.24) is 4.90 Å². The predicted molar refractivity (Wildman–Crippen MR) is 80.6 cm³/mol. The van der Waals surface area contributed by atoms with Gasteiger partial charge in [0.2, 0.25) is 5.91 Å². The number of aliphatic carboxylic acids is 1. The molecule has 1 aromatic rings. The minimum Gasteiger partial charge on any atom is -0.493 e. The largest absolute Gasteiger partial charge is 0.493 e. The van der Waals surface area contributed by atoms with E-state index in [-0.39, 0.29) is 31.4 Å². The summed E-state index contributed by atoms with van der Waals surface area (Å²) in [5.74, 6) is -0.445. The molecule has 6 heteroatoms. The molecule has 0 heterocycles. The summed E-state index contributed by atoms with van der Waals surface area (Å²) in [5.41, 5.74) is 0. The molecule has 0 aliphatic rings. The average molecular weight is 314 g/mol. The Balaban J connectivity index is 2.47. The number of carbonyl (C=O) groups is 2. The highest BCUT2D eigenvalue weighted by atomic mass is 35.5. The first-order valence-electron chi connectivity index (χ1n) is 6.76. The summed E-state index contributed by atoms with van der Waals surface area (Å²) in [5, 5.41) is 9.40. The van der Waals surface area contributed by atoms with Gasteiger partial charge < -0.3 is 14.7 Å². The van der Waals surface area contributed by atoms with Gasteiger partial charge in [-0.25, -0.2) is 0 Å². The molecule has 0 atom stereocenters. The van der Waals surface area contributed by atoms with Crippen molar-refractivity contribution in [2.45, 2.75) is 20.3 Å². The summed E-state index contributed by atoms with van der Waals surface area (Å²) in [6.45, 7) is 4.19.